The topological polar surface area (TPSA) is 29.4 Å². The predicted molar refractivity (Wildman–Crippen MR) is 61.8 cm³/mol. The van der Waals surface area contributed by atoms with E-state index in [0.29, 0.717) is 6.42 Å². The summed E-state index contributed by atoms with van der Waals surface area (Å²) in [5.41, 5.74) is 2.97. The van der Waals surface area contributed by atoms with Gasteiger partial charge >= 0.3 is 0 Å². The number of rotatable bonds is 1. The molecule has 0 fully saturated rings. The molecule has 0 heterocycles. The molecule has 2 rings (SSSR count). The summed E-state index contributed by atoms with van der Waals surface area (Å²) < 4.78 is 0. The standard InChI is InChI=1S/C13H11NO/c1-2-13(15)14-12-9-5-7-10-6-3-4-8-11(10)12/h2-8H,1,9H2. The monoisotopic (exact) mass is 197 g/mol. The number of allylic oxidation sites excluding steroid dienone is 1. The van der Waals surface area contributed by atoms with E-state index in [9.17, 15) is 4.79 Å². The zero-order valence-electron chi connectivity index (χ0n) is 8.31. The van der Waals surface area contributed by atoms with Gasteiger partial charge in [0.2, 0.25) is 0 Å². The molecule has 15 heavy (non-hydrogen) atoms. The third kappa shape index (κ3) is 1.94. The minimum atomic E-state index is -0.282. The molecule has 2 heteroatoms. The molecule has 74 valence electrons. The number of carbonyl (C=O) groups is 1. The van der Waals surface area contributed by atoms with Crippen LogP contribution >= 0.6 is 0 Å². The fraction of sp³-hybridized carbons (Fsp3) is 0.0769. The van der Waals surface area contributed by atoms with Crippen LogP contribution in [0.4, 0.5) is 0 Å². The smallest absolute Gasteiger partial charge is 0.267 e. The molecule has 1 amide bonds. The van der Waals surface area contributed by atoms with Gasteiger partial charge in [-0.2, -0.15) is 0 Å². The van der Waals surface area contributed by atoms with Gasteiger partial charge in [0.1, 0.15) is 0 Å². The molecule has 1 aliphatic rings. The average Bonchev–Trinajstić information content (AvgIpc) is 2.29. The Morgan fingerprint density at radius 3 is 3.00 bits per heavy atom. The van der Waals surface area contributed by atoms with Gasteiger partial charge < -0.3 is 0 Å². The predicted octanol–water partition coefficient (Wildman–Crippen LogP) is 2.61. The summed E-state index contributed by atoms with van der Waals surface area (Å²) >= 11 is 0. The van der Waals surface area contributed by atoms with Crippen molar-refractivity contribution in [3.05, 3.63) is 54.1 Å². The van der Waals surface area contributed by atoms with Crippen molar-refractivity contribution in [1.29, 1.82) is 0 Å². The van der Waals surface area contributed by atoms with Crippen LogP contribution in [0.1, 0.15) is 17.5 Å². The van der Waals surface area contributed by atoms with Crippen molar-refractivity contribution in [2.45, 2.75) is 6.42 Å². The summed E-state index contributed by atoms with van der Waals surface area (Å²) in [6.45, 7) is 3.41. The highest BCUT2D eigenvalue weighted by atomic mass is 16.1. The van der Waals surface area contributed by atoms with E-state index in [1.54, 1.807) is 0 Å². The fourth-order valence-electron chi connectivity index (χ4n) is 1.60. The molecular weight excluding hydrogens is 186 g/mol. The molecule has 0 radical (unpaired) electrons. The number of hydrogen-bond donors (Lipinski definition) is 0. The minimum absolute atomic E-state index is 0.282. The van der Waals surface area contributed by atoms with Crippen molar-refractivity contribution in [3.63, 3.8) is 0 Å². The highest BCUT2D eigenvalue weighted by molar-refractivity contribution is 6.12. The highest BCUT2D eigenvalue weighted by Gasteiger charge is 2.10. The van der Waals surface area contributed by atoms with Gasteiger partial charge in [0.05, 0.1) is 5.71 Å². The Balaban J connectivity index is 2.46. The molecule has 1 aromatic rings. The molecule has 0 unspecified atom stereocenters. The SMILES string of the molecule is C=CC(=O)N=C1CC=Cc2ccccc21. The Bertz CT molecular complexity index is 469. The molecule has 0 aromatic heterocycles. The summed E-state index contributed by atoms with van der Waals surface area (Å²) in [5.74, 6) is -0.282. The van der Waals surface area contributed by atoms with E-state index in [4.69, 9.17) is 0 Å². The molecule has 0 aliphatic heterocycles. The number of benzene rings is 1. The van der Waals surface area contributed by atoms with Crippen LogP contribution in [-0.2, 0) is 4.79 Å². The van der Waals surface area contributed by atoms with E-state index in [1.807, 2.05) is 36.4 Å². The second-order valence-electron chi connectivity index (χ2n) is 3.29. The Kier molecular flexibility index (Phi) is 2.59. The lowest BCUT2D eigenvalue weighted by Gasteiger charge is -2.11. The summed E-state index contributed by atoms with van der Waals surface area (Å²) in [6, 6.07) is 7.92. The van der Waals surface area contributed by atoms with E-state index < -0.39 is 0 Å². The molecular formula is C13H11NO. The van der Waals surface area contributed by atoms with Gasteiger partial charge in [-0.25, -0.2) is 4.99 Å². The number of fused-ring (bicyclic) bond motifs is 1. The third-order valence-electron chi connectivity index (χ3n) is 2.30. The van der Waals surface area contributed by atoms with E-state index in [1.165, 1.54) is 6.08 Å². The normalized spacial score (nSPS) is 16.1. The van der Waals surface area contributed by atoms with Gasteiger partial charge in [-0.15, -0.1) is 0 Å². The maximum Gasteiger partial charge on any atom is 0.269 e. The van der Waals surface area contributed by atoms with Crippen LogP contribution < -0.4 is 0 Å². The van der Waals surface area contributed by atoms with E-state index in [0.717, 1.165) is 16.8 Å². The van der Waals surface area contributed by atoms with Crippen molar-refractivity contribution in [2.75, 3.05) is 0 Å². The number of aliphatic imine (C=N–C) groups is 1. The largest absolute Gasteiger partial charge is 0.269 e. The van der Waals surface area contributed by atoms with Crippen LogP contribution in [0.3, 0.4) is 0 Å². The summed E-state index contributed by atoms with van der Waals surface area (Å²) in [4.78, 5) is 15.2. The first-order chi connectivity index (χ1) is 7.31. The maximum atomic E-state index is 11.2. The van der Waals surface area contributed by atoms with Crippen LogP contribution in [0.15, 0.2) is 48.0 Å². The number of hydrogen-bond acceptors (Lipinski definition) is 1. The third-order valence-corrected chi connectivity index (χ3v) is 2.30. The van der Waals surface area contributed by atoms with Crippen LogP contribution in [0.5, 0.6) is 0 Å². The van der Waals surface area contributed by atoms with Gasteiger partial charge in [0, 0.05) is 12.0 Å². The van der Waals surface area contributed by atoms with Crippen molar-refractivity contribution >= 4 is 17.7 Å². The second kappa shape index (κ2) is 4.05. The molecule has 0 saturated heterocycles. The van der Waals surface area contributed by atoms with Crippen LogP contribution in [-0.4, -0.2) is 11.6 Å². The van der Waals surface area contributed by atoms with Crippen molar-refractivity contribution in [3.8, 4) is 0 Å². The fourth-order valence-corrected chi connectivity index (χ4v) is 1.60. The molecule has 1 aliphatic carbocycles. The Morgan fingerprint density at radius 2 is 2.20 bits per heavy atom. The van der Waals surface area contributed by atoms with Crippen molar-refractivity contribution < 1.29 is 4.79 Å². The molecule has 0 saturated carbocycles. The average molecular weight is 197 g/mol. The summed E-state index contributed by atoms with van der Waals surface area (Å²) in [5, 5.41) is 0. The molecule has 0 spiro atoms. The number of amides is 1. The Morgan fingerprint density at radius 1 is 1.40 bits per heavy atom. The quantitative estimate of drug-likeness (QED) is 0.636. The number of carbonyl (C=O) groups excluding carboxylic acids is 1. The van der Waals surface area contributed by atoms with E-state index in [2.05, 4.69) is 11.6 Å². The van der Waals surface area contributed by atoms with Gasteiger partial charge in [-0.1, -0.05) is 43.0 Å². The van der Waals surface area contributed by atoms with Gasteiger partial charge in [0.15, 0.2) is 0 Å². The van der Waals surface area contributed by atoms with Crippen molar-refractivity contribution in [1.82, 2.24) is 0 Å². The lowest BCUT2D eigenvalue weighted by atomic mass is 9.95. The minimum Gasteiger partial charge on any atom is -0.267 e. The molecule has 2 nitrogen and oxygen atoms in total. The first kappa shape index (κ1) is 9.59. The molecule has 0 N–H and O–H groups in total. The Labute approximate surface area is 88.7 Å². The summed E-state index contributed by atoms with van der Waals surface area (Å²) in [6.07, 6.45) is 5.99. The zero-order chi connectivity index (χ0) is 10.7. The van der Waals surface area contributed by atoms with Crippen molar-refractivity contribution in [2.24, 2.45) is 4.99 Å². The van der Waals surface area contributed by atoms with Gasteiger partial charge in [-0.05, 0) is 11.6 Å². The van der Waals surface area contributed by atoms with E-state index in [-0.39, 0.29) is 5.91 Å². The Hall–Kier alpha value is -1.96. The molecule has 0 bridgehead atoms. The molecule has 0 atom stereocenters. The summed E-state index contributed by atoms with van der Waals surface area (Å²) in [7, 11) is 0. The van der Waals surface area contributed by atoms with Crippen LogP contribution in [0, 0.1) is 0 Å². The van der Waals surface area contributed by atoms with Crippen LogP contribution in [0.25, 0.3) is 6.08 Å². The van der Waals surface area contributed by atoms with Gasteiger partial charge in [-0.3, -0.25) is 4.79 Å². The highest BCUT2D eigenvalue weighted by Crippen LogP contribution is 2.19. The second-order valence-corrected chi connectivity index (χ2v) is 3.29. The van der Waals surface area contributed by atoms with Crippen LogP contribution in [0.2, 0.25) is 0 Å². The van der Waals surface area contributed by atoms with Gasteiger partial charge in [0.25, 0.3) is 5.91 Å². The first-order valence-corrected chi connectivity index (χ1v) is 4.81. The lowest BCUT2D eigenvalue weighted by molar-refractivity contribution is -0.113. The maximum absolute atomic E-state index is 11.2. The first-order valence-electron chi connectivity index (χ1n) is 4.81. The molecule has 1 aromatic carbocycles. The number of nitrogens with zero attached hydrogens (tertiary/aromatic N) is 1. The lowest BCUT2D eigenvalue weighted by Crippen LogP contribution is -2.07. The zero-order valence-corrected chi connectivity index (χ0v) is 8.31. The van der Waals surface area contributed by atoms with E-state index >= 15 is 0 Å².